The van der Waals surface area contributed by atoms with Gasteiger partial charge >= 0.3 is 0 Å². The standard InChI is InChI=1S/C13H20N2S/c1-3-14-8-11(2)9-15-6-4-13-12(10-15)5-7-16-13/h5,7,14H,2-4,6,8-10H2,1H3. The van der Waals surface area contributed by atoms with Gasteiger partial charge in [0.2, 0.25) is 0 Å². The molecule has 1 aromatic rings. The lowest BCUT2D eigenvalue weighted by atomic mass is 10.1. The molecule has 1 aromatic heterocycles. The van der Waals surface area contributed by atoms with E-state index < -0.39 is 0 Å². The van der Waals surface area contributed by atoms with E-state index in [4.69, 9.17) is 0 Å². The Morgan fingerprint density at radius 1 is 1.62 bits per heavy atom. The second-order valence-corrected chi connectivity index (χ2v) is 5.36. The van der Waals surface area contributed by atoms with Gasteiger partial charge < -0.3 is 5.32 Å². The van der Waals surface area contributed by atoms with Crippen molar-refractivity contribution in [1.82, 2.24) is 10.2 Å². The highest BCUT2D eigenvalue weighted by atomic mass is 32.1. The Morgan fingerprint density at radius 2 is 2.50 bits per heavy atom. The van der Waals surface area contributed by atoms with Crippen molar-refractivity contribution >= 4 is 11.3 Å². The van der Waals surface area contributed by atoms with E-state index in [-0.39, 0.29) is 0 Å². The molecule has 0 amide bonds. The molecule has 88 valence electrons. The number of nitrogens with one attached hydrogen (secondary N) is 1. The van der Waals surface area contributed by atoms with E-state index in [9.17, 15) is 0 Å². The van der Waals surface area contributed by atoms with E-state index in [1.807, 2.05) is 11.3 Å². The van der Waals surface area contributed by atoms with Gasteiger partial charge in [-0.1, -0.05) is 13.5 Å². The first-order valence-electron chi connectivity index (χ1n) is 5.94. The van der Waals surface area contributed by atoms with Crippen LogP contribution in [-0.2, 0) is 13.0 Å². The normalized spacial score (nSPS) is 16.1. The molecule has 0 spiro atoms. The van der Waals surface area contributed by atoms with Gasteiger partial charge in [-0.15, -0.1) is 11.3 Å². The van der Waals surface area contributed by atoms with Crippen molar-refractivity contribution in [3.8, 4) is 0 Å². The molecule has 1 aliphatic heterocycles. The lowest BCUT2D eigenvalue weighted by Crippen LogP contribution is -2.33. The molecule has 2 rings (SSSR count). The lowest BCUT2D eigenvalue weighted by molar-refractivity contribution is 0.276. The van der Waals surface area contributed by atoms with Crippen LogP contribution in [0.5, 0.6) is 0 Å². The fourth-order valence-corrected chi connectivity index (χ4v) is 3.01. The summed E-state index contributed by atoms with van der Waals surface area (Å²) in [6.45, 7) is 11.5. The van der Waals surface area contributed by atoms with Crippen molar-refractivity contribution in [3.05, 3.63) is 34.0 Å². The molecule has 0 saturated carbocycles. The van der Waals surface area contributed by atoms with Crippen LogP contribution in [0.4, 0.5) is 0 Å². The first kappa shape index (κ1) is 11.8. The van der Waals surface area contributed by atoms with Gasteiger partial charge in [0.05, 0.1) is 0 Å². The molecular weight excluding hydrogens is 216 g/mol. The molecular formula is C13H20N2S. The Morgan fingerprint density at radius 3 is 3.31 bits per heavy atom. The third-order valence-electron chi connectivity index (χ3n) is 2.96. The summed E-state index contributed by atoms with van der Waals surface area (Å²) in [5.41, 5.74) is 2.81. The second-order valence-electron chi connectivity index (χ2n) is 4.36. The maximum Gasteiger partial charge on any atom is 0.0248 e. The van der Waals surface area contributed by atoms with Crippen LogP contribution in [0, 0.1) is 0 Å². The molecule has 1 N–H and O–H groups in total. The topological polar surface area (TPSA) is 15.3 Å². The Kier molecular flexibility index (Phi) is 4.16. The lowest BCUT2D eigenvalue weighted by Gasteiger charge is -2.27. The molecule has 3 heteroatoms. The van der Waals surface area contributed by atoms with Gasteiger partial charge in [-0.2, -0.15) is 0 Å². The van der Waals surface area contributed by atoms with Crippen LogP contribution >= 0.6 is 11.3 Å². The molecule has 0 unspecified atom stereocenters. The van der Waals surface area contributed by atoms with E-state index in [1.54, 1.807) is 4.88 Å². The molecule has 16 heavy (non-hydrogen) atoms. The summed E-state index contributed by atoms with van der Waals surface area (Å²) in [6.07, 6.45) is 1.21. The minimum atomic E-state index is 0.948. The van der Waals surface area contributed by atoms with E-state index in [0.717, 1.165) is 26.2 Å². The summed E-state index contributed by atoms with van der Waals surface area (Å²) in [5.74, 6) is 0. The van der Waals surface area contributed by atoms with Gasteiger partial charge in [-0.05, 0) is 35.5 Å². The van der Waals surface area contributed by atoms with Crippen molar-refractivity contribution in [2.45, 2.75) is 19.9 Å². The van der Waals surface area contributed by atoms with Gasteiger partial charge in [0, 0.05) is 31.1 Å². The van der Waals surface area contributed by atoms with Crippen LogP contribution in [0.25, 0.3) is 0 Å². The van der Waals surface area contributed by atoms with Crippen LogP contribution in [0.2, 0.25) is 0 Å². The molecule has 0 radical (unpaired) electrons. The quantitative estimate of drug-likeness (QED) is 0.789. The maximum atomic E-state index is 4.13. The fourth-order valence-electron chi connectivity index (χ4n) is 2.12. The van der Waals surface area contributed by atoms with Crippen molar-refractivity contribution in [2.75, 3.05) is 26.2 Å². The minimum Gasteiger partial charge on any atom is -0.313 e. The smallest absolute Gasteiger partial charge is 0.0248 e. The highest BCUT2D eigenvalue weighted by Crippen LogP contribution is 2.24. The van der Waals surface area contributed by atoms with Gasteiger partial charge in [-0.25, -0.2) is 0 Å². The number of thiophene rings is 1. The highest BCUT2D eigenvalue weighted by molar-refractivity contribution is 7.10. The molecule has 0 aromatic carbocycles. The van der Waals surface area contributed by atoms with Crippen molar-refractivity contribution < 1.29 is 0 Å². The molecule has 0 aliphatic carbocycles. The zero-order chi connectivity index (χ0) is 11.4. The average Bonchev–Trinajstić information content (AvgIpc) is 2.73. The minimum absolute atomic E-state index is 0.948. The van der Waals surface area contributed by atoms with E-state index in [1.165, 1.54) is 24.1 Å². The van der Waals surface area contributed by atoms with E-state index in [2.05, 4.69) is 35.2 Å². The summed E-state index contributed by atoms with van der Waals surface area (Å²) in [5, 5.41) is 5.54. The van der Waals surface area contributed by atoms with Crippen LogP contribution in [0.15, 0.2) is 23.6 Å². The number of fused-ring (bicyclic) bond motifs is 1. The maximum absolute atomic E-state index is 4.13. The van der Waals surface area contributed by atoms with Crippen molar-refractivity contribution in [3.63, 3.8) is 0 Å². The first-order chi connectivity index (χ1) is 7.79. The third-order valence-corrected chi connectivity index (χ3v) is 3.98. The molecule has 0 saturated heterocycles. The Balaban J connectivity index is 1.82. The summed E-state index contributed by atoms with van der Waals surface area (Å²) in [7, 11) is 0. The number of hydrogen-bond donors (Lipinski definition) is 1. The molecule has 1 aliphatic rings. The molecule has 2 nitrogen and oxygen atoms in total. The zero-order valence-electron chi connectivity index (χ0n) is 9.96. The summed E-state index contributed by atoms with van der Waals surface area (Å²) in [4.78, 5) is 4.07. The van der Waals surface area contributed by atoms with Gasteiger partial charge in [0.15, 0.2) is 0 Å². The highest BCUT2D eigenvalue weighted by Gasteiger charge is 2.17. The van der Waals surface area contributed by atoms with Crippen LogP contribution in [0.1, 0.15) is 17.4 Å². The zero-order valence-corrected chi connectivity index (χ0v) is 10.8. The van der Waals surface area contributed by atoms with Crippen molar-refractivity contribution in [2.24, 2.45) is 0 Å². The van der Waals surface area contributed by atoms with E-state index in [0.29, 0.717) is 0 Å². The fraction of sp³-hybridized carbons (Fsp3) is 0.538. The van der Waals surface area contributed by atoms with Crippen molar-refractivity contribution in [1.29, 1.82) is 0 Å². The predicted molar refractivity (Wildman–Crippen MR) is 71.0 cm³/mol. The van der Waals surface area contributed by atoms with E-state index >= 15 is 0 Å². The second kappa shape index (κ2) is 5.62. The first-order valence-corrected chi connectivity index (χ1v) is 6.82. The number of likely N-dealkylation sites (N-methyl/N-ethyl adjacent to an activating group) is 1. The Labute approximate surface area is 102 Å². The molecule has 0 atom stereocenters. The molecule has 0 fully saturated rings. The van der Waals surface area contributed by atoms with Gasteiger partial charge in [0.25, 0.3) is 0 Å². The average molecular weight is 236 g/mol. The van der Waals surface area contributed by atoms with Crippen LogP contribution in [-0.4, -0.2) is 31.1 Å². The number of nitrogens with zero attached hydrogens (tertiary/aromatic N) is 1. The monoisotopic (exact) mass is 236 g/mol. The van der Waals surface area contributed by atoms with Gasteiger partial charge in [-0.3, -0.25) is 4.90 Å². The summed E-state index contributed by atoms with van der Waals surface area (Å²) in [6, 6.07) is 2.26. The Bertz CT molecular complexity index is 357. The van der Waals surface area contributed by atoms with Gasteiger partial charge in [0.1, 0.15) is 0 Å². The number of rotatable bonds is 5. The summed E-state index contributed by atoms with van der Waals surface area (Å²) >= 11 is 1.90. The third kappa shape index (κ3) is 2.94. The molecule has 2 heterocycles. The summed E-state index contributed by atoms with van der Waals surface area (Å²) < 4.78 is 0. The predicted octanol–water partition coefficient (Wildman–Crippen LogP) is 2.27. The number of hydrogen-bond acceptors (Lipinski definition) is 3. The molecule has 0 bridgehead atoms. The van der Waals surface area contributed by atoms with Crippen LogP contribution < -0.4 is 5.32 Å². The van der Waals surface area contributed by atoms with Crippen LogP contribution in [0.3, 0.4) is 0 Å². The largest absolute Gasteiger partial charge is 0.313 e. The SMILES string of the molecule is C=C(CNCC)CN1CCc2sccc2C1. The Hall–Kier alpha value is -0.640.